The maximum absolute atomic E-state index is 12.2. The maximum atomic E-state index is 12.2. The van der Waals surface area contributed by atoms with Gasteiger partial charge in [-0.2, -0.15) is 0 Å². The number of ether oxygens (including phenoxy) is 1. The molecule has 0 saturated carbocycles. The molecule has 5 atom stereocenters. The van der Waals surface area contributed by atoms with E-state index in [-0.39, 0.29) is 55.5 Å². The highest BCUT2D eigenvalue weighted by atomic mass is 33.1. The minimum Gasteiger partial charge on any atom is -0.463 e. The zero-order valence-corrected chi connectivity index (χ0v) is 23.2. The van der Waals surface area contributed by atoms with Gasteiger partial charge in [0.25, 0.3) is 11.8 Å². The molecule has 5 amide bonds. The number of nitrogens with zero attached hydrogens (tertiary/aromatic N) is 2. The van der Waals surface area contributed by atoms with E-state index in [2.05, 4.69) is 10.6 Å². The Morgan fingerprint density at radius 1 is 1.15 bits per heavy atom. The summed E-state index contributed by atoms with van der Waals surface area (Å²) in [6, 6.07) is -0.723. The Morgan fingerprint density at radius 2 is 1.87 bits per heavy atom. The predicted octanol–water partition coefficient (Wildman–Crippen LogP) is -0.930. The molecular formula is C24H34N4O9S2. The van der Waals surface area contributed by atoms with Crippen LogP contribution in [0.25, 0.3) is 0 Å². The molecule has 13 nitrogen and oxygen atoms in total. The fourth-order valence-corrected chi connectivity index (χ4v) is 7.25. The summed E-state index contributed by atoms with van der Waals surface area (Å²) in [4.78, 5) is 73.5. The van der Waals surface area contributed by atoms with Crippen LogP contribution in [0.4, 0.5) is 0 Å². The molecule has 1 unspecified atom stereocenters. The van der Waals surface area contributed by atoms with Crippen molar-refractivity contribution in [1.82, 2.24) is 20.4 Å². The van der Waals surface area contributed by atoms with Crippen LogP contribution in [0.3, 0.4) is 0 Å². The number of imide groups is 1. The van der Waals surface area contributed by atoms with Crippen LogP contribution in [0, 0.1) is 0 Å². The van der Waals surface area contributed by atoms with Crippen molar-refractivity contribution in [2.75, 3.05) is 25.4 Å². The minimum absolute atomic E-state index is 0.0196. The number of amides is 5. The molecule has 0 radical (unpaired) electrons. The summed E-state index contributed by atoms with van der Waals surface area (Å²) in [7, 11) is 3.10. The van der Waals surface area contributed by atoms with E-state index in [1.54, 1.807) is 10.8 Å². The first kappa shape index (κ1) is 30.9. The monoisotopic (exact) mass is 586 g/mol. The van der Waals surface area contributed by atoms with Gasteiger partial charge in [-0.05, 0) is 19.3 Å². The van der Waals surface area contributed by atoms with Gasteiger partial charge < -0.3 is 30.5 Å². The minimum atomic E-state index is -1.31. The quantitative estimate of drug-likeness (QED) is 0.0611. The van der Waals surface area contributed by atoms with Gasteiger partial charge in [-0.3, -0.25) is 33.7 Å². The lowest BCUT2D eigenvalue weighted by Crippen LogP contribution is -2.61. The third-order valence-corrected chi connectivity index (χ3v) is 9.50. The maximum Gasteiger partial charge on any atom is 0.314 e. The molecule has 0 aromatic carbocycles. The average molecular weight is 587 g/mol. The molecule has 39 heavy (non-hydrogen) atoms. The van der Waals surface area contributed by atoms with Crippen LogP contribution < -0.4 is 10.6 Å². The second-order valence-electron chi connectivity index (χ2n) is 9.39. The molecule has 0 aromatic rings. The van der Waals surface area contributed by atoms with Gasteiger partial charge in [0.15, 0.2) is 0 Å². The van der Waals surface area contributed by atoms with Gasteiger partial charge >= 0.3 is 17.8 Å². The molecule has 3 rings (SSSR count). The van der Waals surface area contributed by atoms with Crippen LogP contribution in [0.5, 0.6) is 0 Å². The van der Waals surface area contributed by atoms with Crippen molar-refractivity contribution in [1.29, 1.82) is 0 Å². The number of aliphatic hydroxyl groups is 2. The number of esters is 1. The van der Waals surface area contributed by atoms with Crippen LogP contribution in [-0.4, -0.2) is 111 Å². The van der Waals surface area contributed by atoms with Crippen molar-refractivity contribution in [3.63, 3.8) is 0 Å². The molecule has 2 fully saturated rings. The topological polar surface area (TPSA) is 183 Å². The predicted molar refractivity (Wildman–Crippen MR) is 142 cm³/mol. The highest BCUT2D eigenvalue weighted by Gasteiger charge is 2.51. The first-order valence-electron chi connectivity index (χ1n) is 12.9. The SMILES string of the molecule is CCCC(CCC(=O)NCCN1C(=O)C=CC1=O)SSCCC(=O)OC[C@@H]1C[C@H](O)[C@H](O)[C@H]2NC(=O)C(=O)N12. The molecule has 0 aromatic heterocycles. The molecular weight excluding hydrogens is 552 g/mol. The molecule has 0 bridgehead atoms. The molecule has 3 heterocycles. The van der Waals surface area contributed by atoms with E-state index in [9.17, 15) is 39.0 Å². The van der Waals surface area contributed by atoms with E-state index < -0.39 is 42.2 Å². The van der Waals surface area contributed by atoms with Gasteiger partial charge in [-0.25, -0.2) is 0 Å². The summed E-state index contributed by atoms with van der Waals surface area (Å²) >= 11 is 0. The lowest BCUT2D eigenvalue weighted by atomic mass is 9.95. The number of aliphatic hydroxyl groups excluding tert-OH is 2. The smallest absolute Gasteiger partial charge is 0.314 e. The number of carbonyl (C=O) groups excluding carboxylic acids is 6. The van der Waals surface area contributed by atoms with E-state index in [1.807, 2.05) is 6.92 Å². The van der Waals surface area contributed by atoms with Gasteiger partial charge in [0.1, 0.15) is 18.9 Å². The van der Waals surface area contributed by atoms with Gasteiger partial charge in [0, 0.05) is 42.7 Å². The number of fused-ring (bicyclic) bond motifs is 1. The number of carbonyl (C=O) groups is 6. The van der Waals surface area contributed by atoms with Crippen LogP contribution in [0.2, 0.25) is 0 Å². The van der Waals surface area contributed by atoms with Crippen molar-refractivity contribution in [2.24, 2.45) is 0 Å². The highest BCUT2D eigenvalue weighted by Crippen LogP contribution is 2.33. The standard InChI is InChI=1S/C24H34N4O9S2/c1-2-3-15(4-5-17(30)25-9-10-27-18(31)6-7-19(27)32)39-38-11-8-20(33)37-13-14-12-16(29)21(34)22-26-23(35)24(36)28(14)22/h6-7,14-16,21-22,29,34H,2-5,8-13H2,1H3,(H,25,30)(H,26,35)/t14-,15?,16-,21-,22-/m0/s1. The Balaban J connectivity index is 1.30. The van der Waals surface area contributed by atoms with Crippen LogP contribution in [-0.2, 0) is 33.5 Å². The molecule has 3 aliphatic rings. The van der Waals surface area contributed by atoms with Crippen molar-refractivity contribution >= 4 is 57.1 Å². The summed E-state index contributed by atoms with van der Waals surface area (Å²) in [5, 5.41) is 25.4. The summed E-state index contributed by atoms with van der Waals surface area (Å²) in [5.74, 6) is -2.64. The van der Waals surface area contributed by atoms with Crippen LogP contribution in [0.15, 0.2) is 12.2 Å². The van der Waals surface area contributed by atoms with Gasteiger partial charge in [0.05, 0.1) is 18.6 Å². The van der Waals surface area contributed by atoms with Crippen molar-refractivity contribution in [3.05, 3.63) is 12.2 Å². The normalized spacial score (nSPS) is 25.1. The van der Waals surface area contributed by atoms with E-state index in [0.717, 1.165) is 22.6 Å². The first-order chi connectivity index (χ1) is 18.6. The Kier molecular flexibility index (Phi) is 11.6. The van der Waals surface area contributed by atoms with E-state index in [4.69, 9.17) is 4.74 Å². The number of nitrogens with one attached hydrogen (secondary N) is 2. The van der Waals surface area contributed by atoms with Crippen molar-refractivity contribution in [2.45, 2.75) is 75.1 Å². The Hall–Kier alpha value is -2.62. The summed E-state index contributed by atoms with van der Waals surface area (Å²) in [6.45, 7) is 2.18. The lowest BCUT2D eigenvalue weighted by Gasteiger charge is -2.41. The largest absolute Gasteiger partial charge is 0.463 e. The average Bonchev–Trinajstić information content (AvgIpc) is 3.39. The van der Waals surface area contributed by atoms with Crippen LogP contribution in [0.1, 0.15) is 45.4 Å². The molecule has 4 N–H and O–H groups in total. The highest BCUT2D eigenvalue weighted by molar-refractivity contribution is 8.76. The van der Waals surface area contributed by atoms with Crippen LogP contribution >= 0.6 is 21.6 Å². The van der Waals surface area contributed by atoms with Gasteiger partial charge in [-0.15, -0.1) is 0 Å². The molecule has 0 spiro atoms. The number of hydrogen-bond acceptors (Lipinski definition) is 11. The second kappa shape index (κ2) is 14.7. The first-order valence-corrected chi connectivity index (χ1v) is 15.2. The number of piperidine rings is 1. The number of hydrogen-bond donors (Lipinski definition) is 4. The summed E-state index contributed by atoms with van der Waals surface area (Å²) < 4.78 is 5.29. The Morgan fingerprint density at radius 3 is 2.56 bits per heavy atom. The Bertz CT molecular complexity index is 977. The summed E-state index contributed by atoms with van der Waals surface area (Å²) in [5.41, 5.74) is 0. The molecule has 216 valence electrons. The Labute approximate surface area is 233 Å². The van der Waals surface area contributed by atoms with E-state index in [0.29, 0.717) is 18.6 Å². The van der Waals surface area contributed by atoms with Gasteiger partial charge in [0.2, 0.25) is 5.91 Å². The number of rotatable bonds is 15. The lowest BCUT2D eigenvalue weighted by molar-refractivity contribution is -0.157. The fourth-order valence-electron chi connectivity index (χ4n) is 4.47. The fraction of sp³-hybridized carbons (Fsp3) is 0.667. The molecule has 2 saturated heterocycles. The summed E-state index contributed by atoms with van der Waals surface area (Å²) in [6.07, 6.45) is 1.75. The third-order valence-electron chi connectivity index (χ3n) is 6.52. The molecule has 0 aliphatic carbocycles. The molecule has 15 heteroatoms. The molecule has 3 aliphatic heterocycles. The van der Waals surface area contributed by atoms with Crippen molar-refractivity contribution in [3.8, 4) is 0 Å². The third kappa shape index (κ3) is 8.43. The van der Waals surface area contributed by atoms with E-state index in [1.165, 1.54) is 22.9 Å². The van der Waals surface area contributed by atoms with Gasteiger partial charge in [-0.1, -0.05) is 34.9 Å². The van der Waals surface area contributed by atoms with Crippen molar-refractivity contribution < 1.29 is 43.7 Å². The van der Waals surface area contributed by atoms with E-state index >= 15 is 0 Å². The zero-order valence-electron chi connectivity index (χ0n) is 21.6. The second-order valence-corrected chi connectivity index (χ2v) is 12.2. The zero-order chi connectivity index (χ0) is 28.5.